The molecule has 0 saturated heterocycles. The Bertz CT molecular complexity index is 610. The van der Waals surface area contributed by atoms with Crippen molar-refractivity contribution in [1.29, 1.82) is 0 Å². The predicted molar refractivity (Wildman–Crippen MR) is 127 cm³/mol. The molecule has 0 amide bonds. The molecule has 0 unspecified atom stereocenters. The summed E-state index contributed by atoms with van der Waals surface area (Å²) in [5.41, 5.74) is 2.55. The highest BCUT2D eigenvalue weighted by atomic mass is 32.2. The molecule has 170 valence electrons. The maximum Gasteiger partial charge on any atom is 0.264 e. The molecule has 0 aromatic carbocycles. The molecule has 2 atom stereocenters. The fourth-order valence-corrected chi connectivity index (χ4v) is 10.7. The van der Waals surface area contributed by atoms with Gasteiger partial charge in [-0.05, 0) is 42.3 Å². The zero-order valence-electron chi connectivity index (χ0n) is 20.0. The van der Waals surface area contributed by atoms with Gasteiger partial charge in [-0.25, -0.2) is 0 Å². The predicted octanol–water partition coefficient (Wildman–Crippen LogP) is 6.30. The molecular formula is C23H44O4SSi. The van der Waals surface area contributed by atoms with Gasteiger partial charge < -0.3 is 4.43 Å². The van der Waals surface area contributed by atoms with E-state index in [0.29, 0.717) is 29.7 Å². The molecule has 0 aliphatic heterocycles. The standard InChI is InChI=1S/C23H44O4SSi/c1-11-12-13-14-21(8)15-16-23(27-28(10,24)25)22(9)17-26-29(18(2)3,19(4)5)20(6)7/h1,18-20,22-23H,8,12-17H2,2-7,9-10H3/t22-,23+/m0/s1. The fourth-order valence-electron chi connectivity index (χ4n) is 4.45. The van der Waals surface area contributed by atoms with Crippen LogP contribution in [-0.2, 0) is 18.7 Å². The van der Waals surface area contributed by atoms with Crippen molar-refractivity contribution in [2.45, 2.75) is 103 Å². The summed E-state index contributed by atoms with van der Waals surface area (Å²) in [5.74, 6) is 2.62. The molecule has 0 spiro atoms. The zero-order valence-corrected chi connectivity index (χ0v) is 21.8. The molecule has 0 rings (SSSR count). The Hall–Kier alpha value is -0.613. The van der Waals surface area contributed by atoms with Gasteiger partial charge in [-0.2, -0.15) is 8.42 Å². The van der Waals surface area contributed by atoms with Crippen molar-refractivity contribution in [3.63, 3.8) is 0 Å². The molecule has 0 N–H and O–H groups in total. The molecular weight excluding hydrogens is 400 g/mol. The van der Waals surface area contributed by atoms with Gasteiger partial charge in [-0.1, -0.05) is 60.6 Å². The Morgan fingerprint density at radius 2 is 1.55 bits per heavy atom. The quantitative estimate of drug-likeness (QED) is 0.0977. The summed E-state index contributed by atoms with van der Waals surface area (Å²) < 4.78 is 35.8. The second kappa shape index (κ2) is 12.9. The van der Waals surface area contributed by atoms with Gasteiger partial charge in [0.25, 0.3) is 10.1 Å². The van der Waals surface area contributed by atoms with Gasteiger partial charge in [0, 0.05) is 18.9 Å². The zero-order chi connectivity index (χ0) is 22.8. The summed E-state index contributed by atoms with van der Waals surface area (Å²) in [7, 11) is -5.54. The molecule has 0 aromatic rings. The first-order chi connectivity index (χ1) is 13.3. The Morgan fingerprint density at radius 1 is 1.03 bits per heavy atom. The number of hydrogen-bond acceptors (Lipinski definition) is 4. The van der Waals surface area contributed by atoms with Crippen LogP contribution in [0.4, 0.5) is 0 Å². The number of unbranched alkanes of at least 4 members (excludes halogenated alkanes) is 1. The van der Waals surface area contributed by atoms with E-state index in [-0.39, 0.29) is 5.92 Å². The molecule has 0 bridgehead atoms. The summed E-state index contributed by atoms with van der Waals surface area (Å²) in [6, 6.07) is 0. The van der Waals surface area contributed by atoms with Crippen molar-refractivity contribution in [3.8, 4) is 12.3 Å². The average Bonchev–Trinajstić information content (AvgIpc) is 2.57. The van der Waals surface area contributed by atoms with Crippen LogP contribution in [0.15, 0.2) is 12.2 Å². The van der Waals surface area contributed by atoms with Crippen LogP contribution in [0.5, 0.6) is 0 Å². The van der Waals surface area contributed by atoms with E-state index in [9.17, 15) is 8.42 Å². The smallest absolute Gasteiger partial charge is 0.264 e. The summed E-state index contributed by atoms with van der Waals surface area (Å²) in [4.78, 5) is 0. The maximum atomic E-state index is 11.8. The first-order valence-corrected chi connectivity index (χ1v) is 14.9. The lowest BCUT2D eigenvalue weighted by Gasteiger charge is -2.43. The van der Waals surface area contributed by atoms with E-state index in [1.54, 1.807) is 0 Å². The molecule has 29 heavy (non-hydrogen) atoms. The van der Waals surface area contributed by atoms with Gasteiger partial charge >= 0.3 is 0 Å². The summed E-state index contributed by atoms with van der Waals surface area (Å²) >= 11 is 0. The Balaban J connectivity index is 5.19. The van der Waals surface area contributed by atoms with Gasteiger partial charge in [0.05, 0.1) is 12.4 Å². The van der Waals surface area contributed by atoms with Crippen LogP contribution in [0, 0.1) is 18.3 Å². The lowest BCUT2D eigenvalue weighted by Crippen LogP contribution is -2.49. The van der Waals surface area contributed by atoms with E-state index >= 15 is 0 Å². The maximum absolute atomic E-state index is 11.8. The van der Waals surface area contributed by atoms with Crippen molar-refractivity contribution in [2.75, 3.05) is 12.9 Å². The van der Waals surface area contributed by atoms with E-state index in [0.717, 1.165) is 37.5 Å². The van der Waals surface area contributed by atoms with Crippen molar-refractivity contribution in [2.24, 2.45) is 5.92 Å². The fraction of sp³-hybridized carbons (Fsp3) is 0.826. The Morgan fingerprint density at radius 3 is 1.97 bits per heavy atom. The highest BCUT2D eigenvalue weighted by molar-refractivity contribution is 7.86. The van der Waals surface area contributed by atoms with E-state index in [2.05, 4.69) is 54.0 Å². The lowest BCUT2D eigenvalue weighted by molar-refractivity contribution is 0.0978. The molecule has 6 heteroatoms. The van der Waals surface area contributed by atoms with Crippen LogP contribution in [0.3, 0.4) is 0 Å². The van der Waals surface area contributed by atoms with Crippen LogP contribution in [-0.4, -0.2) is 35.7 Å². The Labute approximate surface area is 182 Å². The van der Waals surface area contributed by atoms with E-state index in [4.69, 9.17) is 15.0 Å². The van der Waals surface area contributed by atoms with Crippen molar-refractivity contribution >= 4 is 18.4 Å². The minimum absolute atomic E-state index is 0.0219. The molecule has 0 fully saturated rings. The monoisotopic (exact) mass is 444 g/mol. The first kappa shape index (κ1) is 28.4. The Kier molecular flexibility index (Phi) is 12.7. The molecule has 0 heterocycles. The number of allylic oxidation sites excluding steroid dienone is 1. The van der Waals surface area contributed by atoms with Crippen LogP contribution < -0.4 is 0 Å². The second-order valence-corrected chi connectivity index (χ2v) is 16.4. The topological polar surface area (TPSA) is 52.6 Å². The summed E-state index contributed by atoms with van der Waals surface area (Å²) in [6.07, 6.45) is 9.87. The largest absolute Gasteiger partial charge is 0.416 e. The van der Waals surface area contributed by atoms with Gasteiger partial charge in [0.15, 0.2) is 8.32 Å². The van der Waals surface area contributed by atoms with E-state index < -0.39 is 24.5 Å². The average molecular weight is 445 g/mol. The van der Waals surface area contributed by atoms with Gasteiger partial charge in [-0.3, -0.25) is 4.18 Å². The third-order valence-corrected chi connectivity index (χ3v) is 12.5. The van der Waals surface area contributed by atoms with Crippen LogP contribution in [0.2, 0.25) is 16.6 Å². The lowest BCUT2D eigenvalue weighted by atomic mass is 9.97. The van der Waals surface area contributed by atoms with E-state index in [1.807, 2.05) is 6.92 Å². The molecule has 0 aromatic heterocycles. The van der Waals surface area contributed by atoms with Crippen LogP contribution in [0.1, 0.15) is 80.6 Å². The van der Waals surface area contributed by atoms with Crippen LogP contribution in [0.25, 0.3) is 0 Å². The minimum Gasteiger partial charge on any atom is -0.416 e. The third-order valence-electron chi connectivity index (χ3n) is 5.87. The highest BCUT2D eigenvalue weighted by Gasteiger charge is 2.45. The molecule has 0 aliphatic carbocycles. The van der Waals surface area contributed by atoms with E-state index in [1.165, 1.54) is 0 Å². The van der Waals surface area contributed by atoms with Crippen molar-refractivity contribution in [3.05, 3.63) is 12.2 Å². The molecule has 4 nitrogen and oxygen atoms in total. The van der Waals surface area contributed by atoms with Crippen molar-refractivity contribution in [1.82, 2.24) is 0 Å². The SMILES string of the molecule is C#CCCCC(=C)CC[C@@H](OS(C)(=O)=O)[C@@H](C)CO[Si](C(C)C)(C(C)C)C(C)C. The minimum atomic E-state index is -3.54. The third kappa shape index (κ3) is 9.82. The normalized spacial score (nSPS) is 15.0. The van der Waals surface area contributed by atoms with Crippen LogP contribution >= 0.6 is 0 Å². The van der Waals surface area contributed by atoms with Gasteiger partial charge in [0.2, 0.25) is 0 Å². The summed E-state index contributed by atoms with van der Waals surface area (Å²) in [6.45, 7) is 20.2. The van der Waals surface area contributed by atoms with Gasteiger partial charge in [-0.15, -0.1) is 12.3 Å². The molecule has 0 saturated carbocycles. The number of hydrogen-bond donors (Lipinski definition) is 0. The number of terminal acetylenes is 1. The van der Waals surface area contributed by atoms with Gasteiger partial charge in [0.1, 0.15) is 0 Å². The highest BCUT2D eigenvalue weighted by Crippen LogP contribution is 2.42. The summed E-state index contributed by atoms with van der Waals surface area (Å²) in [5, 5.41) is 0. The second-order valence-electron chi connectivity index (χ2n) is 9.29. The molecule has 0 radical (unpaired) electrons. The number of rotatable bonds is 15. The van der Waals surface area contributed by atoms with Crippen molar-refractivity contribution < 1.29 is 17.0 Å². The first-order valence-electron chi connectivity index (χ1n) is 10.9. The molecule has 0 aliphatic rings.